The molecule has 8 heteroatoms. The Bertz CT molecular complexity index is 965. The minimum atomic E-state index is -0.387. The van der Waals surface area contributed by atoms with Gasteiger partial charge in [-0.2, -0.15) is 0 Å². The maximum atomic E-state index is 12.5. The molecule has 0 bridgehead atoms. The largest absolute Gasteiger partial charge is 0.495 e. The van der Waals surface area contributed by atoms with E-state index in [9.17, 15) is 4.79 Å². The van der Waals surface area contributed by atoms with Gasteiger partial charge in [0, 0.05) is 11.8 Å². The predicted octanol–water partition coefficient (Wildman–Crippen LogP) is 4.14. The summed E-state index contributed by atoms with van der Waals surface area (Å²) in [6.45, 7) is 0. The summed E-state index contributed by atoms with van der Waals surface area (Å²) in [7, 11) is 3.11. The molecule has 0 unspecified atom stereocenters. The lowest BCUT2D eigenvalue weighted by atomic mass is 10.2. The number of methoxy groups -OCH3 is 2. The number of carbonyl (C=O) groups excluding carboxylic acids is 1. The average Bonchev–Trinajstić information content (AvgIpc) is 2.69. The highest BCUT2D eigenvalue weighted by atomic mass is 35.5. The quantitative estimate of drug-likeness (QED) is 0.664. The monoisotopic (exact) mass is 384 g/mol. The molecule has 1 aromatic heterocycles. The van der Waals surface area contributed by atoms with E-state index in [1.807, 2.05) is 24.3 Å². The van der Waals surface area contributed by atoms with Gasteiger partial charge in [-0.1, -0.05) is 23.7 Å². The van der Waals surface area contributed by atoms with Crippen molar-refractivity contribution in [3.8, 4) is 11.5 Å². The summed E-state index contributed by atoms with van der Waals surface area (Å²) in [5.41, 5.74) is 1.46. The first-order valence-corrected chi connectivity index (χ1v) is 8.35. The van der Waals surface area contributed by atoms with Crippen molar-refractivity contribution in [3.05, 3.63) is 65.6 Å². The van der Waals surface area contributed by atoms with Gasteiger partial charge in [0.05, 0.1) is 24.9 Å². The second-order valence-corrected chi connectivity index (χ2v) is 5.82. The summed E-state index contributed by atoms with van der Waals surface area (Å²) in [5, 5.41) is 6.25. The van der Waals surface area contributed by atoms with Gasteiger partial charge in [0.25, 0.3) is 5.91 Å². The zero-order chi connectivity index (χ0) is 19.2. The molecule has 3 rings (SSSR count). The van der Waals surface area contributed by atoms with Crippen molar-refractivity contribution < 1.29 is 14.3 Å². The van der Waals surface area contributed by atoms with Gasteiger partial charge < -0.3 is 20.1 Å². The van der Waals surface area contributed by atoms with Gasteiger partial charge in [0.2, 0.25) is 0 Å². The van der Waals surface area contributed by atoms with Gasteiger partial charge >= 0.3 is 0 Å². The Kier molecular flexibility index (Phi) is 5.73. The fourth-order valence-corrected chi connectivity index (χ4v) is 2.63. The third kappa shape index (κ3) is 4.45. The van der Waals surface area contributed by atoms with Crippen molar-refractivity contribution in [3.63, 3.8) is 0 Å². The molecule has 2 N–H and O–H groups in total. The van der Waals surface area contributed by atoms with E-state index in [2.05, 4.69) is 20.6 Å². The molecule has 1 amide bonds. The molecule has 138 valence electrons. The third-order valence-corrected chi connectivity index (χ3v) is 3.97. The summed E-state index contributed by atoms with van der Waals surface area (Å²) in [6, 6.07) is 13.9. The zero-order valence-electron chi connectivity index (χ0n) is 14.7. The van der Waals surface area contributed by atoms with Crippen LogP contribution in [0, 0.1) is 0 Å². The molecule has 0 spiro atoms. The van der Waals surface area contributed by atoms with E-state index < -0.39 is 0 Å². The fourth-order valence-electron chi connectivity index (χ4n) is 2.37. The Hall–Kier alpha value is -3.32. The Labute approximate surface area is 161 Å². The molecule has 0 saturated carbocycles. The molecule has 0 fully saturated rings. The number of halogens is 1. The van der Waals surface area contributed by atoms with E-state index in [0.29, 0.717) is 28.0 Å². The summed E-state index contributed by atoms with van der Waals surface area (Å²) in [5.74, 6) is 1.27. The number of rotatable bonds is 6. The van der Waals surface area contributed by atoms with E-state index in [4.69, 9.17) is 21.1 Å². The van der Waals surface area contributed by atoms with Crippen molar-refractivity contribution in [1.82, 2.24) is 9.97 Å². The van der Waals surface area contributed by atoms with Crippen molar-refractivity contribution in [2.45, 2.75) is 0 Å². The van der Waals surface area contributed by atoms with Crippen LogP contribution in [-0.2, 0) is 0 Å². The SMILES string of the molecule is COc1ccc(NC(=O)c2cc(Nc3ccccc3OC)ncn2)cc1Cl. The van der Waals surface area contributed by atoms with Crippen molar-refractivity contribution >= 4 is 34.7 Å². The molecule has 1 heterocycles. The molecule has 0 radical (unpaired) electrons. The molecule has 27 heavy (non-hydrogen) atoms. The van der Waals surface area contributed by atoms with Gasteiger partial charge in [0.1, 0.15) is 29.3 Å². The summed E-state index contributed by atoms with van der Waals surface area (Å²) in [6.07, 6.45) is 1.31. The standard InChI is InChI=1S/C19H17ClN4O3/c1-26-16-8-7-12(9-13(16)20)23-19(25)15-10-18(22-11-21-15)24-14-5-3-4-6-17(14)27-2/h3-11H,1-2H3,(H,23,25)(H,21,22,24). The van der Waals surface area contributed by atoms with Crippen LogP contribution >= 0.6 is 11.6 Å². The highest BCUT2D eigenvalue weighted by Gasteiger charge is 2.11. The number of carbonyl (C=O) groups is 1. The number of anilines is 3. The summed E-state index contributed by atoms with van der Waals surface area (Å²) >= 11 is 6.08. The van der Waals surface area contributed by atoms with Crippen molar-refractivity contribution in [1.29, 1.82) is 0 Å². The lowest BCUT2D eigenvalue weighted by Gasteiger charge is -2.11. The van der Waals surface area contributed by atoms with E-state index in [1.54, 1.807) is 31.4 Å². The normalized spacial score (nSPS) is 10.2. The summed E-state index contributed by atoms with van der Waals surface area (Å²) in [4.78, 5) is 20.6. The lowest BCUT2D eigenvalue weighted by Crippen LogP contribution is -2.14. The second kappa shape index (κ2) is 8.37. The molecule has 0 aliphatic heterocycles. The highest BCUT2D eigenvalue weighted by Crippen LogP contribution is 2.28. The van der Waals surface area contributed by atoms with E-state index in [1.165, 1.54) is 13.4 Å². The number of para-hydroxylation sites is 2. The number of aromatic nitrogens is 2. The van der Waals surface area contributed by atoms with Gasteiger partial charge in [-0.3, -0.25) is 4.79 Å². The first-order valence-electron chi connectivity index (χ1n) is 7.97. The first-order chi connectivity index (χ1) is 13.1. The average molecular weight is 385 g/mol. The molecule has 0 aliphatic rings. The minimum absolute atomic E-state index is 0.203. The minimum Gasteiger partial charge on any atom is -0.495 e. The molecule has 2 aromatic carbocycles. The van der Waals surface area contributed by atoms with E-state index >= 15 is 0 Å². The number of benzene rings is 2. The molecule has 0 atom stereocenters. The number of amides is 1. The molecule has 7 nitrogen and oxygen atoms in total. The Morgan fingerprint density at radius 3 is 2.52 bits per heavy atom. The van der Waals surface area contributed by atoms with Gasteiger partial charge in [-0.25, -0.2) is 9.97 Å². The van der Waals surface area contributed by atoms with Crippen LogP contribution in [0.25, 0.3) is 0 Å². The van der Waals surface area contributed by atoms with E-state index in [0.717, 1.165) is 5.69 Å². The van der Waals surface area contributed by atoms with Gasteiger partial charge in [0.15, 0.2) is 0 Å². The second-order valence-electron chi connectivity index (χ2n) is 5.42. The Morgan fingerprint density at radius 1 is 1.00 bits per heavy atom. The number of hydrogen-bond donors (Lipinski definition) is 2. The Balaban J connectivity index is 1.76. The van der Waals surface area contributed by atoms with Crippen LogP contribution in [0.5, 0.6) is 11.5 Å². The zero-order valence-corrected chi connectivity index (χ0v) is 15.4. The maximum absolute atomic E-state index is 12.5. The first kappa shape index (κ1) is 18.5. The molecular formula is C19H17ClN4O3. The van der Waals surface area contributed by atoms with Crippen molar-refractivity contribution in [2.75, 3.05) is 24.9 Å². The number of nitrogens with one attached hydrogen (secondary N) is 2. The van der Waals surface area contributed by atoms with Gasteiger partial charge in [-0.15, -0.1) is 0 Å². The van der Waals surface area contributed by atoms with E-state index in [-0.39, 0.29) is 11.6 Å². The Morgan fingerprint density at radius 2 is 1.78 bits per heavy atom. The van der Waals surface area contributed by atoms with Crippen LogP contribution in [0.2, 0.25) is 5.02 Å². The smallest absolute Gasteiger partial charge is 0.274 e. The summed E-state index contributed by atoms with van der Waals surface area (Å²) < 4.78 is 10.4. The molecule has 3 aromatic rings. The number of nitrogens with zero attached hydrogens (tertiary/aromatic N) is 2. The predicted molar refractivity (Wildman–Crippen MR) is 104 cm³/mol. The molecule has 0 saturated heterocycles. The van der Waals surface area contributed by atoms with Crippen LogP contribution in [0.1, 0.15) is 10.5 Å². The van der Waals surface area contributed by atoms with Gasteiger partial charge in [-0.05, 0) is 30.3 Å². The topological polar surface area (TPSA) is 85.4 Å². The van der Waals surface area contributed by atoms with Crippen molar-refractivity contribution in [2.24, 2.45) is 0 Å². The molecular weight excluding hydrogens is 368 g/mol. The fraction of sp³-hybridized carbons (Fsp3) is 0.105. The van der Waals surface area contributed by atoms with Crippen LogP contribution in [0.4, 0.5) is 17.2 Å². The highest BCUT2D eigenvalue weighted by molar-refractivity contribution is 6.32. The lowest BCUT2D eigenvalue weighted by molar-refractivity contribution is 0.102. The molecule has 0 aliphatic carbocycles. The van der Waals surface area contributed by atoms with Crippen LogP contribution < -0.4 is 20.1 Å². The maximum Gasteiger partial charge on any atom is 0.274 e. The van der Waals surface area contributed by atoms with Crippen LogP contribution in [-0.4, -0.2) is 30.1 Å². The third-order valence-electron chi connectivity index (χ3n) is 3.68. The number of ether oxygens (including phenoxy) is 2. The van der Waals surface area contributed by atoms with Crippen LogP contribution in [0.3, 0.4) is 0 Å². The van der Waals surface area contributed by atoms with Crippen LogP contribution in [0.15, 0.2) is 54.9 Å². The number of hydrogen-bond acceptors (Lipinski definition) is 6.